The van der Waals surface area contributed by atoms with Gasteiger partial charge in [0.25, 0.3) is 0 Å². The maximum Gasteiger partial charge on any atom is 0.224 e. The van der Waals surface area contributed by atoms with Crippen molar-refractivity contribution >= 4 is 5.91 Å². The number of amides is 1. The van der Waals surface area contributed by atoms with Crippen LogP contribution in [0.15, 0.2) is 48.5 Å². The smallest absolute Gasteiger partial charge is 0.224 e. The predicted octanol–water partition coefficient (Wildman–Crippen LogP) is 2.46. The van der Waals surface area contributed by atoms with Gasteiger partial charge in [0.1, 0.15) is 11.6 Å². The van der Waals surface area contributed by atoms with Crippen LogP contribution in [0.25, 0.3) is 0 Å². The highest BCUT2D eigenvalue weighted by Gasteiger charge is 2.28. The number of nitrogens with zero attached hydrogens (tertiary/aromatic N) is 1. The lowest BCUT2D eigenvalue weighted by atomic mass is 10.1. The first-order valence-electron chi connectivity index (χ1n) is 8.13. The molecule has 1 aliphatic rings. The molecule has 1 saturated heterocycles. The molecule has 0 aromatic heterocycles. The van der Waals surface area contributed by atoms with Crippen LogP contribution in [0.3, 0.4) is 0 Å². The highest BCUT2D eigenvalue weighted by Crippen LogP contribution is 2.15. The van der Waals surface area contributed by atoms with E-state index < -0.39 is 0 Å². The van der Waals surface area contributed by atoms with Gasteiger partial charge in [0, 0.05) is 32.1 Å². The lowest BCUT2D eigenvalue weighted by Crippen LogP contribution is -2.33. The van der Waals surface area contributed by atoms with E-state index in [4.69, 9.17) is 0 Å². The number of hydrogen-bond acceptors (Lipinski definition) is 3. The summed E-state index contributed by atoms with van der Waals surface area (Å²) in [6, 6.07) is 13.6. The molecule has 3 rings (SSSR count). The normalized spacial score (nSPS) is 17.5. The molecule has 2 aromatic carbocycles. The molecular formula is C19H21FN2O2. The van der Waals surface area contributed by atoms with Crippen molar-refractivity contribution < 1.29 is 14.3 Å². The summed E-state index contributed by atoms with van der Waals surface area (Å²) in [7, 11) is 0. The standard InChI is InChI=1S/C19H21FN2O2/c20-16-6-4-14(5-7-16)8-9-22-13-17(11-19(22)24)21-12-15-2-1-3-18(23)10-15/h1-7,10,17,21,23H,8-9,11-13H2. The average Bonchev–Trinajstić information content (AvgIpc) is 2.93. The van der Waals surface area contributed by atoms with E-state index in [1.165, 1.54) is 12.1 Å². The molecule has 126 valence electrons. The average molecular weight is 328 g/mol. The molecule has 1 aliphatic heterocycles. The first-order valence-corrected chi connectivity index (χ1v) is 8.13. The molecule has 1 unspecified atom stereocenters. The minimum atomic E-state index is -0.243. The number of halogens is 1. The van der Waals surface area contributed by atoms with Crippen molar-refractivity contribution in [2.24, 2.45) is 0 Å². The van der Waals surface area contributed by atoms with Crippen LogP contribution in [0.5, 0.6) is 5.75 Å². The second-order valence-electron chi connectivity index (χ2n) is 6.17. The highest BCUT2D eigenvalue weighted by molar-refractivity contribution is 5.79. The van der Waals surface area contributed by atoms with Crippen molar-refractivity contribution in [1.29, 1.82) is 0 Å². The number of phenols is 1. The number of rotatable bonds is 6. The van der Waals surface area contributed by atoms with Crippen LogP contribution >= 0.6 is 0 Å². The van der Waals surface area contributed by atoms with Gasteiger partial charge in [-0.25, -0.2) is 4.39 Å². The number of aromatic hydroxyl groups is 1. The number of carbonyl (C=O) groups excluding carboxylic acids is 1. The van der Waals surface area contributed by atoms with Crippen LogP contribution in [0.1, 0.15) is 17.5 Å². The fraction of sp³-hybridized carbons (Fsp3) is 0.316. The molecule has 0 aliphatic carbocycles. The Labute approximate surface area is 140 Å². The summed E-state index contributed by atoms with van der Waals surface area (Å²) in [5, 5.41) is 12.8. The summed E-state index contributed by atoms with van der Waals surface area (Å²) in [5.41, 5.74) is 2.02. The van der Waals surface area contributed by atoms with Crippen LogP contribution in [-0.2, 0) is 17.8 Å². The summed E-state index contributed by atoms with van der Waals surface area (Å²) in [5.74, 6) is 0.149. The van der Waals surface area contributed by atoms with E-state index >= 15 is 0 Å². The van der Waals surface area contributed by atoms with Gasteiger partial charge >= 0.3 is 0 Å². The van der Waals surface area contributed by atoms with Gasteiger partial charge in [0.15, 0.2) is 0 Å². The Morgan fingerprint density at radius 2 is 1.96 bits per heavy atom. The zero-order valence-corrected chi connectivity index (χ0v) is 13.4. The Balaban J connectivity index is 1.47. The molecule has 2 aromatic rings. The Hall–Kier alpha value is -2.40. The minimum absolute atomic E-state index is 0.119. The summed E-state index contributed by atoms with van der Waals surface area (Å²) < 4.78 is 12.9. The maximum atomic E-state index is 12.9. The highest BCUT2D eigenvalue weighted by atomic mass is 19.1. The van der Waals surface area contributed by atoms with Crippen molar-refractivity contribution in [1.82, 2.24) is 10.2 Å². The topological polar surface area (TPSA) is 52.6 Å². The Morgan fingerprint density at radius 3 is 2.71 bits per heavy atom. The van der Waals surface area contributed by atoms with Gasteiger partial charge in [0.2, 0.25) is 5.91 Å². The first-order chi connectivity index (χ1) is 11.6. The Bertz CT molecular complexity index is 703. The van der Waals surface area contributed by atoms with E-state index in [0.29, 0.717) is 26.1 Å². The van der Waals surface area contributed by atoms with Crippen LogP contribution < -0.4 is 5.32 Å². The third kappa shape index (κ3) is 4.32. The van der Waals surface area contributed by atoms with Crippen molar-refractivity contribution in [3.05, 3.63) is 65.5 Å². The molecule has 1 amide bonds. The van der Waals surface area contributed by atoms with Gasteiger partial charge in [-0.3, -0.25) is 4.79 Å². The third-order valence-corrected chi connectivity index (χ3v) is 4.30. The van der Waals surface area contributed by atoms with Gasteiger partial charge < -0.3 is 15.3 Å². The largest absolute Gasteiger partial charge is 0.508 e. The fourth-order valence-corrected chi connectivity index (χ4v) is 2.97. The Morgan fingerprint density at radius 1 is 1.17 bits per heavy atom. The summed E-state index contributed by atoms with van der Waals surface area (Å²) >= 11 is 0. The summed E-state index contributed by atoms with van der Waals surface area (Å²) in [6.07, 6.45) is 1.22. The van der Waals surface area contributed by atoms with Crippen LogP contribution in [0.2, 0.25) is 0 Å². The van der Waals surface area contributed by atoms with Gasteiger partial charge in [-0.15, -0.1) is 0 Å². The number of carbonyl (C=O) groups is 1. The SMILES string of the molecule is O=C1CC(NCc2cccc(O)c2)CN1CCc1ccc(F)cc1. The number of hydrogen-bond donors (Lipinski definition) is 2. The molecule has 2 N–H and O–H groups in total. The molecule has 0 saturated carbocycles. The second-order valence-corrected chi connectivity index (χ2v) is 6.17. The monoisotopic (exact) mass is 328 g/mol. The van der Waals surface area contributed by atoms with Gasteiger partial charge in [0.05, 0.1) is 0 Å². The van der Waals surface area contributed by atoms with Crippen LogP contribution in [0.4, 0.5) is 4.39 Å². The molecule has 0 radical (unpaired) electrons. The number of likely N-dealkylation sites (tertiary alicyclic amines) is 1. The first kappa shape index (κ1) is 16.5. The molecule has 4 nitrogen and oxygen atoms in total. The zero-order valence-electron chi connectivity index (χ0n) is 13.4. The van der Waals surface area contributed by atoms with Crippen LogP contribution in [0, 0.1) is 5.82 Å². The van der Waals surface area contributed by atoms with Crippen molar-refractivity contribution in [3.8, 4) is 5.75 Å². The minimum Gasteiger partial charge on any atom is -0.508 e. The van der Waals surface area contributed by atoms with Crippen molar-refractivity contribution in [2.45, 2.75) is 25.4 Å². The number of phenolic OH excluding ortho intramolecular Hbond substituents is 1. The zero-order chi connectivity index (χ0) is 16.9. The second kappa shape index (κ2) is 7.45. The molecular weight excluding hydrogens is 307 g/mol. The maximum absolute atomic E-state index is 12.9. The van der Waals surface area contributed by atoms with Crippen LogP contribution in [-0.4, -0.2) is 35.0 Å². The molecule has 0 bridgehead atoms. The Kier molecular flexibility index (Phi) is 5.11. The molecule has 5 heteroatoms. The van der Waals surface area contributed by atoms with E-state index in [1.807, 2.05) is 11.0 Å². The van der Waals surface area contributed by atoms with Crippen molar-refractivity contribution in [2.75, 3.05) is 13.1 Å². The fourth-order valence-electron chi connectivity index (χ4n) is 2.97. The van der Waals surface area contributed by atoms with E-state index in [1.54, 1.807) is 30.3 Å². The van der Waals surface area contributed by atoms with Gasteiger partial charge in [-0.1, -0.05) is 24.3 Å². The van der Waals surface area contributed by atoms with E-state index in [-0.39, 0.29) is 23.5 Å². The van der Waals surface area contributed by atoms with Crippen molar-refractivity contribution in [3.63, 3.8) is 0 Å². The predicted molar refractivity (Wildman–Crippen MR) is 90.0 cm³/mol. The third-order valence-electron chi connectivity index (χ3n) is 4.30. The number of nitrogens with one attached hydrogen (secondary N) is 1. The molecule has 1 fully saturated rings. The lowest BCUT2D eigenvalue weighted by molar-refractivity contribution is -0.127. The van der Waals surface area contributed by atoms with Gasteiger partial charge in [-0.05, 0) is 41.8 Å². The summed E-state index contributed by atoms with van der Waals surface area (Å²) in [6.45, 7) is 1.95. The molecule has 1 heterocycles. The molecule has 24 heavy (non-hydrogen) atoms. The quantitative estimate of drug-likeness (QED) is 0.856. The van der Waals surface area contributed by atoms with E-state index in [2.05, 4.69) is 5.32 Å². The van der Waals surface area contributed by atoms with E-state index in [0.717, 1.165) is 17.5 Å². The lowest BCUT2D eigenvalue weighted by Gasteiger charge is -2.17. The van der Waals surface area contributed by atoms with E-state index in [9.17, 15) is 14.3 Å². The van der Waals surface area contributed by atoms with Gasteiger partial charge in [-0.2, -0.15) is 0 Å². The number of benzene rings is 2. The molecule has 0 spiro atoms. The molecule has 1 atom stereocenters. The summed E-state index contributed by atoms with van der Waals surface area (Å²) in [4.78, 5) is 14.0.